The molecule has 0 saturated carbocycles. The van der Waals surface area contributed by atoms with Gasteiger partial charge in [-0.2, -0.15) is 0 Å². The Balaban J connectivity index is 3.40. The molecule has 0 fully saturated rings. The molecule has 5 nitrogen and oxygen atoms in total. The molecule has 0 radical (unpaired) electrons. The quantitative estimate of drug-likeness (QED) is 0.353. The molecule has 0 aliphatic carbocycles. The van der Waals surface area contributed by atoms with Gasteiger partial charge < -0.3 is 0 Å². The predicted octanol–water partition coefficient (Wildman–Crippen LogP) is 3.33. The molecule has 0 aliphatic rings. The highest BCUT2D eigenvalue weighted by Gasteiger charge is 2.33. The van der Waals surface area contributed by atoms with Crippen LogP contribution in [-0.4, -0.2) is 22.6 Å². The van der Waals surface area contributed by atoms with Crippen molar-refractivity contribution in [2.24, 2.45) is 0 Å². The van der Waals surface area contributed by atoms with Crippen LogP contribution in [0.5, 0.6) is 0 Å². The van der Waals surface area contributed by atoms with Crippen molar-refractivity contribution in [3.05, 3.63) is 31.9 Å². The molecule has 1 unspecified atom stereocenters. The Hall–Kier alpha value is -0.0400. The van der Waals surface area contributed by atoms with Gasteiger partial charge in [0.15, 0.2) is 11.6 Å². The molecule has 1 aromatic rings. The van der Waals surface area contributed by atoms with Gasteiger partial charge in [-0.25, -0.2) is 25.6 Å². The Kier molecular flexibility index (Phi) is 7.21. The second kappa shape index (κ2) is 7.89. The maximum atomic E-state index is 13.6. The zero-order chi connectivity index (χ0) is 18.0. The monoisotopic (exact) mass is 501 g/mol. The SMILES string of the molecule is CCCS(=O)(=O)NS(=O)(=O)C(CC)c1cc(F)c(F)c(I)c1Cl. The molecule has 0 spiro atoms. The van der Waals surface area contributed by atoms with Crippen molar-refractivity contribution in [3.8, 4) is 0 Å². The first-order valence-electron chi connectivity index (χ1n) is 6.54. The van der Waals surface area contributed by atoms with E-state index in [1.807, 2.05) is 0 Å². The summed E-state index contributed by atoms with van der Waals surface area (Å²) in [6.45, 7) is 3.05. The molecule has 0 heterocycles. The van der Waals surface area contributed by atoms with Gasteiger partial charge in [-0.1, -0.05) is 25.4 Å². The maximum Gasteiger partial charge on any atom is 0.231 e. The van der Waals surface area contributed by atoms with E-state index in [1.54, 1.807) is 11.1 Å². The zero-order valence-corrected chi connectivity index (χ0v) is 16.8. The van der Waals surface area contributed by atoms with Gasteiger partial charge in [-0.05, 0) is 47.1 Å². The first-order valence-corrected chi connectivity index (χ1v) is 11.2. The molecule has 1 aromatic carbocycles. The summed E-state index contributed by atoms with van der Waals surface area (Å²) in [6.07, 6.45) is 0.156. The highest BCUT2D eigenvalue weighted by Crippen LogP contribution is 2.36. The fraction of sp³-hybridized carbons (Fsp3) is 0.500. The molecule has 1 N–H and O–H groups in total. The van der Waals surface area contributed by atoms with Gasteiger partial charge >= 0.3 is 0 Å². The van der Waals surface area contributed by atoms with Gasteiger partial charge in [0.1, 0.15) is 5.25 Å². The topological polar surface area (TPSA) is 80.3 Å². The minimum atomic E-state index is -4.39. The van der Waals surface area contributed by atoms with Crippen LogP contribution in [0.15, 0.2) is 6.07 Å². The van der Waals surface area contributed by atoms with Crippen LogP contribution < -0.4 is 4.13 Å². The number of benzene rings is 1. The van der Waals surface area contributed by atoms with Gasteiger partial charge in [-0.15, -0.1) is 4.13 Å². The van der Waals surface area contributed by atoms with E-state index < -0.39 is 36.9 Å². The number of nitrogens with one attached hydrogen (secondary N) is 1. The number of halogens is 4. The summed E-state index contributed by atoms with van der Waals surface area (Å²) >= 11 is 7.39. The van der Waals surface area contributed by atoms with Gasteiger partial charge in [0, 0.05) is 0 Å². The number of rotatable bonds is 7. The van der Waals surface area contributed by atoms with Gasteiger partial charge in [-0.3, -0.25) is 0 Å². The first-order chi connectivity index (χ1) is 10.5. The molecule has 0 saturated heterocycles. The van der Waals surface area contributed by atoms with Crippen molar-refractivity contribution >= 4 is 54.2 Å². The van der Waals surface area contributed by atoms with E-state index in [0.29, 0.717) is 6.07 Å². The van der Waals surface area contributed by atoms with Crippen LogP contribution in [0.2, 0.25) is 5.02 Å². The Bertz CT molecular complexity index is 800. The van der Waals surface area contributed by atoms with Gasteiger partial charge in [0.25, 0.3) is 0 Å². The smallest absolute Gasteiger partial charge is 0.211 e. The van der Waals surface area contributed by atoms with Crippen LogP contribution in [0, 0.1) is 15.2 Å². The van der Waals surface area contributed by atoms with Crippen LogP contribution in [-0.2, 0) is 20.0 Å². The molecule has 0 amide bonds. The summed E-state index contributed by atoms with van der Waals surface area (Å²) in [5, 5.41) is -1.68. The average molecular weight is 502 g/mol. The lowest BCUT2D eigenvalue weighted by molar-refractivity contribution is 0.501. The van der Waals surface area contributed by atoms with E-state index in [2.05, 4.69) is 0 Å². The lowest BCUT2D eigenvalue weighted by Gasteiger charge is -2.19. The van der Waals surface area contributed by atoms with Crippen LogP contribution in [0.1, 0.15) is 37.5 Å². The highest BCUT2D eigenvalue weighted by atomic mass is 127. The minimum Gasteiger partial charge on any atom is -0.211 e. The second-order valence-corrected chi connectivity index (χ2v) is 10.2. The average Bonchev–Trinajstić information content (AvgIpc) is 2.41. The molecular formula is C12H15ClF2INO4S2. The van der Waals surface area contributed by atoms with Crippen molar-refractivity contribution in [3.63, 3.8) is 0 Å². The molecule has 0 aliphatic heterocycles. The van der Waals surface area contributed by atoms with Crippen molar-refractivity contribution in [1.82, 2.24) is 4.13 Å². The van der Waals surface area contributed by atoms with Crippen molar-refractivity contribution in [2.45, 2.75) is 31.9 Å². The van der Waals surface area contributed by atoms with Crippen LogP contribution in [0.4, 0.5) is 8.78 Å². The third-order valence-corrected chi connectivity index (χ3v) is 8.91. The van der Waals surface area contributed by atoms with Crippen molar-refractivity contribution in [1.29, 1.82) is 0 Å². The summed E-state index contributed by atoms with van der Waals surface area (Å²) in [5.41, 5.74) is -0.184. The standard InChI is InChI=1S/C12H15ClF2INO4S2/c1-3-5-22(18,19)17-23(20,21)9(4-2)7-6-8(14)11(15)12(16)10(7)13/h6,9,17H,3-5H2,1-2H3. The molecule has 0 aromatic heterocycles. The van der Waals surface area contributed by atoms with E-state index >= 15 is 0 Å². The summed E-state index contributed by atoms with van der Waals surface area (Å²) < 4.78 is 76.6. The van der Waals surface area contributed by atoms with Crippen LogP contribution in [0.25, 0.3) is 0 Å². The summed E-state index contributed by atoms with van der Waals surface area (Å²) in [5.74, 6) is -2.80. The highest BCUT2D eigenvalue weighted by molar-refractivity contribution is 14.1. The van der Waals surface area contributed by atoms with Crippen LogP contribution in [0.3, 0.4) is 0 Å². The lowest BCUT2D eigenvalue weighted by Crippen LogP contribution is -2.36. The van der Waals surface area contributed by atoms with E-state index in [9.17, 15) is 25.6 Å². The second-order valence-electron chi connectivity index (χ2n) is 4.73. The van der Waals surface area contributed by atoms with Crippen molar-refractivity contribution in [2.75, 3.05) is 5.75 Å². The summed E-state index contributed by atoms with van der Waals surface area (Å²) in [7, 11) is -8.43. The zero-order valence-electron chi connectivity index (χ0n) is 12.2. The summed E-state index contributed by atoms with van der Waals surface area (Å²) in [4.78, 5) is 0. The number of sulfonamides is 2. The Morgan fingerprint density at radius 3 is 2.30 bits per heavy atom. The molecule has 132 valence electrons. The van der Waals surface area contributed by atoms with Gasteiger partial charge in [0.2, 0.25) is 20.0 Å². The summed E-state index contributed by atoms with van der Waals surface area (Å²) in [6, 6.07) is 0.680. The normalized spacial score (nSPS) is 14.0. The Morgan fingerprint density at radius 1 is 1.26 bits per heavy atom. The van der Waals surface area contributed by atoms with E-state index in [1.165, 1.54) is 29.5 Å². The maximum absolute atomic E-state index is 13.6. The lowest BCUT2D eigenvalue weighted by atomic mass is 10.1. The van der Waals surface area contributed by atoms with Gasteiger partial charge in [0.05, 0.1) is 14.3 Å². The largest absolute Gasteiger partial charge is 0.231 e. The fourth-order valence-corrected chi connectivity index (χ4v) is 6.59. The Morgan fingerprint density at radius 2 is 1.83 bits per heavy atom. The third kappa shape index (κ3) is 4.97. The minimum absolute atomic E-state index is 0.0716. The fourth-order valence-electron chi connectivity index (χ4n) is 1.98. The van der Waals surface area contributed by atoms with E-state index in [-0.39, 0.29) is 32.8 Å². The van der Waals surface area contributed by atoms with E-state index in [4.69, 9.17) is 11.6 Å². The Labute approximate surface area is 153 Å². The molecule has 0 bridgehead atoms. The van der Waals surface area contributed by atoms with Crippen molar-refractivity contribution < 1.29 is 25.6 Å². The van der Waals surface area contributed by atoms with E-state index in [0.717, 1.165) is 0 Å². The predicted molar refractivity (Wildman–Crippen MR) is 93.3 cm³/mol. The first kappa shape index (κ1) is 21.0. The molecule has 23 heavy (non-hydrogen) atoms. The molecular weight excluding hydrogens is 487 g/mol. The third-order valence-electron chi connectivity index (χ3n) is 2.94. The number of hydrogen-bond donors (Lipinski definition) is 1. The molecule has 11 heteroatoms. The molecule has 1 rings (SSSR count). The molecule has 1 atom stereocenters. The number of hydrogen-bond acceptors (Lipinski definition) is 4. The van der Waals surface area contributed by atoms with Crippen LogP contribution >= 0.6 is 34.2 Å².